The number of anilines is 6. The SMILES string of the molecule is C=CCOCc1ccc(N(c2ccccc2)c2ccc(OCOCOCOCOCOCOc3ccc(N(c4ccccc4)c4ccccc4OC(=O)C=C)cc3)cc2)cc1. The molecular formula is C49H48N2O10. The minimum absolute atomic E-state index is 0.00331. The number of rotatable bonds is 26. The molecule has 6 rings (SSSR count). The zero-order valence-electron chi connectivity index (χ0n) is 33.7. The van der Waals surface area contributed by atoms with Crippen molar-refractivity contribution in [1.29, 1.82) is 0 Å². The van der Waals surface area contributed by atoms with Crippen molar-refractivity contribution in [2.75, 3.05) is 57.2 Å². The van der Waals surface area contributed by atoms with E-state index >= 15 is 0 Å². The highest BCUT2D eigenvalue weighted by Crippen LogP contribution is 2.40. The number of esters is 1. The number of hydrogen-bond donors (Lipinski definition) is 0. The predicted molar refractivity (Wildman–Crippen MR) is 234 cm³/mol. The summed E-state index contributed by atoms with van der Waals surface area (Å²) in [5.74, 6) is 1.10. The highest BCUT2D eigenvalue weighted by molar-refractivity contribution is 5.87. The maximum absolute atomic E-state index is 12.0. The minimum atomic E-state index is -0.545. The average molecular weight is 825 g/mol. The van der Waals surface area contributed by atoms with Crippen LogP contribution in [0.3, 0.4) is 0 Å². The van der Waals surface area contributed by atoms with Gasteiger partial charge in [0.2, 0.25) is 0 Å². The molecule has 0 unspecified atom stereocenters. The van der Waals surface area contributed by atoms with Crippen LogP contribution in [0.2, 0.25) is 0 Å². The molecule has 0 aromatic heterocycles. The number of benzene rings is 6. The van der Waals surface area contributed by atoms with Gasteiger partial charge in [-0.1, -0.05) is 73.3 Å². The van der Waals surface area contributed by atoms with Gasteiger partial charge in [0.05, 0.1) is 18.9 Å². The second-order valence-corrected chi connectivity index (χ2v) is 12.9. The van der Waals surface area contributed by atoms with E-state index in [1.807, 2.05) is 114 Å². The van der Waals surface area contributed by atoms with Crippen LogP contribution in [0.25, 0.3) is 0 Å². The first-order valence-corrected chi connectivity index (χ1v) is 19.4. The van der Waals surface area contributed by atoms with Gasteiger partial charge >= 0.3 is 5.97 Å². The second kappa shape index (κ2) is 24.3. The Balaban J connectivity index is 0.850. The Hall–Kier alpha value is -6.77. The normalized spacial score (nSPS) is 10.8. The summed E-state index contributed by atoms with van der Waals surface area (Å²) in [6.07, 6.45) is 2.87. The molecule has 12 heteroatoms. The molecule has 0 fully saturated rings. The molecule has 6 aromatic carbocycles. The van der Waals surface area contributed by atoms with Crippen molar-refractivity contribution >= 4 is 40.1 Å². The van der Waals surface area contributed by atoms with Gasteiger partial charge in [0.1, 0.15) is 11.5 Å². The van der Waals surface area contributed by atoms with Gasteiger partial charge in [0, 0.05) is 34.5 Å². The molecule has 6 aromatic rings. The fourth-order valence-electron chi connectivity index (χ4n) is 5.92. The van der Waals surface area contributed by atoms with Crippen molar-refractivity contribution in [3.05, 3.63) is 189 Å². The summed E-state index contributed by atoms with van der Waals surface area (Å²) in [6, 6.07) is 50.7. The molecule has 0 aliphatic heterocycles. The van der Waals surface area contributed by atoms with Gasteiger partial charge in [0.15, 0.2) is 46.5 Å². The lowest BCUT2D eigenvalue weighted by Gasteiger charge is -2.27. The van der Waals surface area contributed by atoms with Crippen molar-refractivity contribution in [3.8, 4) is 17.2 Å². The van der Waals surface area contributed by atoms with E-state index in [0.717, 1.165) is 40.1 Å². The number of carbonyl (C=O) groups is 1. The van der Waals surface area contributed by atoms with Crippen LogP contribution in [0.5, 0.6) is 17.2 Å². The van der Waals surface area contributed by atoms with Gasteiger partial charge in [-0.15, -0.1) is 6.58 Å². The molecule has 0 amide bonds. The molecular weight excluding hydrogens is 777 g/mol. The van der Waals surface area contributed by atoms with E-state index < -0.39 is 5.97 Å². The molecule has 0 aliphatic rings. The molecule has 0 heterocycles. The van der Waals surface area contributed by atoms with Crippen LogP contribution in [0, 0.1) is 0 Å². The van der Waals surface area contributed by atoms with Crippen molar-refractivity contribution in [1.82, 2.24) is 0 Å². The Morgan fingerprint density at radius 2 is 0.885 bits per heavy atom. The van der Waals surface area contributed by atoms with E-state index in [4.69, 9.17) is 42.6 Å². The van der Waals surface area contributed by atoms with Crippen LogP contribution in [0.4, 0.5) is 34.1 Å². The highest BCUT2D eigenvalue weighted by Gasteiger charge is 2.18. The Kier molecular flexibility index (Phi) is 17.5. The smallest absolute Gasteiger partial charge is 0.335 e. The number of para-hydroxylation sites is 4. The first-order valence-electron chi connectivity index (χ1n) is 19.4. The maximum Gasteiger partial charge on any atom is 0.335 e. The van der Waals surface area contributed by atoms with E-state index in [2.05, 4.69) is 54.5 Å². The first-order chi connectivity index (χ1) is 30.1. The molecule has 0 aliphatic carbocycles. The van der Waals surface area contributed by atoms with E-state index in [9.17, 15) is 4.79 Å². The highest BCUT2D eigenvalue weighted by atomic mass is 16.8. The number of carbonyl (C=O) groups excluding carboxylic acids is 1. The van der Waals surface area contributed by atoms with E-state index in [1.54, 1.807) is 18.2 Å². The van der Waals surface area contributed by atoms with Gasteiger partial charge in [-0.05, 0) is 103 Å². The number of ether oxygens (including phenoxy) is 9. The van der Waals surface area contributed by atoms with Crippen molar-refractivity contribution in [3.63, 3.8) is 0 Å². The van der Waals surface area contributed by atoms with Crippen LogP contribution < -0.4 is 24.0 Å². The zero-order valence-corrected chi connectivity index (χ0v) is 33.7. The van der Waals surface area contributed by atoms with Crippen LogP contribution >= 0.6 is 0 Å². The summed E-state index contributed by atoms with van der Waals surface area (Å²) in [7, 11) is 0. The van der Waals surface area contributed by atoms with E-state index in [0.29, 0.717) is 36.1 Å². The summed E-state index contributed by atoms with van der Waals surface area (Å²) in [5.41, 5.74) is 6.49. The Bertz CT molecular complexity index is 2200. The van der Waals surface area contributed by atoms with E-state index in [1.165, 1.54) is 0 Å². The number of hydrogen-bond acceptors (Lipinski definition) is 12. The summed E-state index contributed by atoms with van der Waals surface area (Å²) in [6.45, 7) is 8.02. The van der Waals surface area contributed by atoms with Gasteiger partial charge in [-0.25, -0.2) is 4.79 Å². The quantitative estimate of drug-likeness (QED) is 0.0130. The monoisotopic (exact) mass is 824 g/mol. The summed E-state index contributed by atoms with van der Waals surface area (Å²) in [5, 5.41) is 0. The summed E-state index contributed by atoms with van der Waals surface area (Å²) >= 11 is 0. The van der Waals surface area contributed by atoms with Crippen molar-refractivity contribution < 1.29 is 47.4 Å². The fourth-order valence-corrected chi connectivity index (χ4v) is 5.92. The standard InChI is InChI=1S/C49H48N2O10/c1-3-31-53-32-39-19-21-42(22-20-39)50(40-13-7-5-8-14-40)43-23-27-45(28-24-43)59-37-57-35-55-33-54-34-56-36-58-38-60-46-29-25-44(26-30-46)51(41-15-9-6-10-16-41)47-17-11-12-18-48(47)61-49(52)4-2/h3-30H,1-2,31-38H2. The second-order valence-electron chi connectivity index (χ2n) is 12.9. The molecule has 0 spiro atoms. The molecule has 0 atom stereocenters. The molecule has 0 saturated carbocycles. The van der Waals surface area contributed by atoms with Crippen LogP contribution in [-0.2, 0) is 39.8 Å². The lowest BCUT2D eigenvalue weighted by molar-refractivity contribution is -0.205. The van der Waals surface area contributed by atoms with E-state index in [-0.39, 0.29) is 40.8 Å². The third-order valence-corrected chi connectivity index (χ3v) is 8.69. The van der Waals surface area contributed by atoms with Gasteiger partial charge in [-0.2, -0.15) is 0 Å². The third-order valence-electron chi connectivity index (χ3n) is 8.69. The van der Waals surface area contributed by atoms with Gasteiger partial charge < -0.3 is 52.4 Å². The topological polar surface area (TPSA) is 107 Å². The molecule has 0 bridgehead atoms. The number of nitrogens with zero attached hydrogens (tertiary/aromatic N) is 2. The molecule has 314 valence electrons. The van der Waals surface area contributed by atoms with Crippen molar-refractivity contribution in [2.45, 2.75) is 6.61 Å². The Morgan fingerprint density at radius 1 is 0.459 bits per heavy atom. The Labute approximate surface area is 356 Å². The lowest BCUT2D eigenvalue weighted by atomic mass is 10.1. The third kappa shape index (κ3) is 13.6. The molecule has 12 nitrogen and oxygen atoms in total. The van der Waals surface area contributed by atoms with Crippen LogP contribution in [0.15, 0.2) is 183 Å². The predicted octanol–water partition coefficient (Wildman–Crippen LogP) is 10.7. The van der Waals surface area contributed by atoms with Gasteiger partial charge in [-0.3, -0.25) is 0 Å². The summed E-state index contributed by atoms with van der Waals surface area (Å²) in [4.78, 5) is 16.2. The fraction of sp³-hybridized carbons (Fsp3) is 0.163. The lowest BCUT2D eigenvalue weighted by Crippen LogP contribution is -2.13. The first kappa shape index (κ1) is 43.8. The molecule has 61 heavy (non-hydrogen) atoms. The molecule has 0 N–H and O–H groups in total. The van der Waals surface area contributed by atoms with Crippen LogP contribution in [-0.4, -0.2) is 53.3 Å². The average Bonchev–Trinajstić information content (AvgIpc) is 3.31. The van der Waals surface area contributed by atoms with Gasteiger partial charge in [0.25, 0.3) is 0 Å². The largest absolute Gasteiger partial charge is 0.467 e. The minimum Gasteiger partial charge on any atom is -0.467 e. The molecule has 0 radical (unpaired) electrons. The Morgan fingerprint density at radius 3 is 1.39 bits per heavy atom. The zero-order chi connectivity index (χ0) is 42.3. The van der Waals surface area contributed by atoms with Crippen molar-refractivity contribution in [2.24, 2.45) is 0 Å². The van der Waals surface area contributed by atoms with Crippen LogP contribution in [0.1, 0.15) is 5.56 Å². The maximum atomic E-state index is 12.0. The summed E-state index contributed by atoms with van der Waals surface area (Å²) < 4.78 is 49.4. The molecule has 0 saturated heterocycles.